The molecule has 6 nitrogen and oxygen atoms in total. The summed E-state index contributed by atoms with van der Waals surface area (Å²) in [6.07, 6.45) is 11.4. The van der Waals surface area contributed by atoms with Gasteiger partial charge in [-0.2, -0.15) is 0 Å². The highest BCUT2D eigenvalue weighted by molar-refractivity contribution is 5.79. The van der Waals surface area contributed by atoms with Crippen LogP contribution in [0.3, 0.4) is 0 Å². The molecule has 2 heterocycles. The molecule has 0 radical (unpaired) electrons. The third-order valence-electron chi connectivity index (χ3n) is 9.28. The highest BCUT2D eigenvalue weighted by atomic mass is 16.5. The molecule has 0 unspecified atom stereocenters. The Hall–Kier alpha value is -2.08. The Morgan fingerprint density at radius 2 is 1.57 bits per heavy atom. The van der Waals surface area contributed by atoms with Crippen molar-refractivity contribution < 1.29 is 14.3 Å². The summed E-state index contributed by atoms with van der Waals surface area (Å²) in [5.41, 5.74) is 1.35. The van der Waals surface area contributed by atoms with E-state index in [0.717, 1.165) is 58.4 Å². The van der Waals surface area contributed by atoms with Gasteiger partial charge >= 0.3 is 6.09 Å². The zero-order valence-corrected chi connectivity index (χ0v) is 21.4. The van der Waals surface area contributed by atoms with Crippen LogP contribution in [-0.2, 0) is 9.53 Å². The molecule has 2 aliphatic carbocycles. The Bertz CT molecular complexity index is 842. The van der Waals surface area contributed by atoms with E-state index in [-0.39, 0.29) is 18.1 Å². The second kappa shape index (κ2) is 11.3. The number of hydrogen-bond acceptors (Lipinski definition) is 4. The van der Waals surface area contributed by atoms with Crippen LogP contribution in [0.4, 0.5) is 4.79 Å². The number of methoxy groups -OCH3 is 1. The molecule has 0 bridgehead atoms. The molecule has 192 valence electrons. The average Bonchev–Trinajstić information content (AvgIpc) is 3.69. The molecule has 5 rings (SSSR count). The minimum atomic E-state index is -0.160. The van der Waals surface area contributed by atoms with E-state index in [9.17, 15) is 9.59 Å². The molecule has 2 aliphatic heterocycles. The van der Waals surface area contributed by atoms with Gasteiger partial charge in [-0.3, -0.25) is 9.69 Å². The lowest BCUT2D eigenvalue weighted by molar-refractivity contribution is -0.134. The van der Waals surface area contributed by atoms with Crippen molar-refractivity contribution in [3.05, 3.63) is 35.9 Å². The second-order valence-electron chi connectivity index (χ2n) is 11.3. The van der Waals surface area contributed by atoms with Crippen molar-refractivity contribution >= 4 is 12.0 Å². The van der Waals surface area contributed by atoms with Crippen LogP contribution in [0.5, 0.6) is 0 Å². The fraction of sp³-hybridized carbons (Fsp3) is 0.724. The predicted octanol–water partition coefficient (Wildman–Crippen LogP) is 4.89. The van der Waals surface area contributed by atoms with Crippen LogP contribution in [-0.4, -0.2) is 78.6 Å². The van der Waals surface area contributed by atoms with Crippen LogP contribution >= 0.6 is 0 Å². The fourth-order valence-electron chi connectivity index (χ4n) is 7.29. The highest BCUT2D eigenvalue weighted by Gasteiger charge is 2.43. The van der Waals surface area contributed by atoms with Crippen molar-refractivity contribution in [1.82, 2.24) is 14.7 Å². The van der Waals surface area contributed by atoms with E-state index in [4.69, 9.17) is 4.74 Å². The van der Waals surface area contributed by atoms with Gasteiger partial charge in [-0.25, -0.2) is 4.79 Å². The van der Waals surface area contributed by atoms with Crippen molar-refractivity contribution in [1.29, 1.82) is 0 Å². The Morgan fingerprint density at radius 1 is 0.914 bits per heavy atom. The molecule has 35 heavy (non-hydrogen) atoms. The molecule has 0 aromatic heterocycles. The van der Waals surface area contributed by atoms with Gasteiger partial charge in [-0.05, 0) is 50.0 Å². The van der Waals surface area contributed by atoms with E-state index in [1.54, 1.807) is 0 Å². The van der Waals surface area contributed by atoms with Gasteiger partial charge in [0.25, 0.3) is 0 Å². The van der Waals surface area contributed by atoms with E-state index >= 15 is 0 Å². The summed E-state index contributed by atoms with van der Waals surface area (Å²) in [4.78, 5) is 32.8. The summed E-state index contributed by atoms with van der Waals surface area (Å²) in [7, 11) is 1.51. The number of carbonyl (C=O) groups excluding carboxylic acids is 2. The number of ether oxygens (including phenoxy) is 1. The van der Waals surface area contributed by atoms with Gasteiger partial charge in [0.15, 0.2) is 0 Å². The van der Waals surface area contributed by atoms with Crippen LogP contribution in [0.1, 0.15) is 75.7 Å². The van der Waals surface area contributed by atoms with Gasteiger partial charge in [0.1, 0.15) is 0 Å². The number of nitrogens with zero attached hydrogens (tertiary/aromatic N) is 3. The normalized spacial score (nSPS) is 26.9. The third kappa shape index (κ3) is 5.52. The lowest BCUT2D eigenvalue weighted by atomic mass is 9.91. The molecular formula is C29H43N3O3. The van der Waals surface area contributed by atoms with Crippen LogP contribution < -0.4 is 0 Å². The van der Waals surface area contributed by atoms with Crippen molar-refractivity contribution in [3.63, 3.8) is 0 Å². The van der Waals surface area contributed by atoms with Gasteiger partial charge in [0.05, 0.1) is 7.11 Å². The molecular weight excluding hydrogens is 438 g/mol. The quantitative estimate of drug-likeness (QED) is 0.580. The first-order valence-corrected chi connectivity index (χ1v) is 14.1. The van der Waals surface area contributed by atoms with Gasteiger partial charge in [-0.15, -0.1) is 0 Å². The number of amides is 2. The van der Waals surface area contributed by atoms with Crippen molar-refractivity contribution in [2.45, 2.75) is 82.2 Å². The van der Waals surface area contributed by atoms with E-state index in [0.29, 0.717) is 23.8 Å². The van der Waals surface area contributed by atoms with E-state index in [2.05, 4.69) is 40.1 Å². The molecule has 2 atom stereocenters. The Kier molecular flexibility index (Phi) is 7.96. The summed E-state index contributed by atoms with van der Waals surface area (Å²) >= 11 is 0. The minimum Gasteiger partial charge on any atom is -0.453 e. The van der Waals surface area contributed by atoms with Crippen LogP contribution in [0.2, 0.25) is 0 Å². The Balaban J connectivity index is 1.26. The summed E-state index contributed by atoms with van der Waals surface area (Å²) < 4.78 is 5.20. The SMILES string of the molecule is COC(=O)N(CC1CCCC1)C1CCN([C@H]2CN(C(=O)C3CCCC3)C[C@@H]2c2ccccc2)CC1. The van der Waals surface area contributed by atoms with Gasteiger partial charge in [-0.1, -0.05) is 56.0 Å². The number of benzene rings is 1. The number of likely N-dealkylation sites (tertiary alicyclic amines) is 2. The molecule has 4 fully saturated rings. The first-order chi connectivity index (χ1) is 17.1. The number of piperidine rings is 1. The Labute approximate surface area is 211 Å². The predicted molar refractivity (Wildman–Crippen MR) is 137 cm³/mol. The topological polar surface area (TPSA) is 53.1 Å². The monoisotopic (exact) mass is 481 g/mol. The van der Waals surface area contributed by atoms with Gasteiger partial charge in [0, 0.05) is 56.6 Å². The molecule has 2 amide bonds. The molecule has 4 aliphatic rings. The van der Waals surface area contributed by atoms with Crippen molar-refractivity contribution in [3.8, 4) is 0 Å². The zero-order valence-electron chi connectivity index (χ0n) is 21.4. The van der Waals surface area contributed by atoms with E-state index in [1.807, 2.05) is 4.90 Å². The minimum absolute atomic E-state index is 0.160. The molecule has 2 saturated heterocycles. The Morgan fingerprint density at radius 3 is 2.23 bits per heavy atom. The number of rotatable bonds is 6. The lowest BCUT2D eigenvalue weighted by Crippen LogP contribution is -2.52. The van der Waals surface area contributed by atoms with Crippen LogP contribution in [0.15, 0.2) is 30.3 Å². The molecule has 0 N–H and O–H groups in total. The maximum absolute atomic E-state index is 13.3. The summed E-state index contributed by atoms with van der Waals surface area (Å²) in [5.74, 6) is 1.60. The summed E-state index contributed by atoms with van der Waals surface area (Å²) in [6, 6.07) is 11.4. The standard InChI is InChI=1S/C29H43N3O3/c1-35-29(34)32(19-22-9-5-6-10-22)25-15-17-30(18-16-25)27-21-31(28(33)24-13-7-8-14-24)20-26(27)23-11-3-2-4-12-23/h2-4,11-12,22,24-27H,5-10,13-21H2,1H3/t26-,27+/m1/s1. The van der Waals surface area contributed by atoms with Crippen molar-refractivity contribution in [2.24, 2.45) is 11.8 Å². The summed E-state index contributed by atoms with van der Waals surface area (Å²) in [6.45, 7) is 4.46. The van der Waals surface area contributed by atoms with E-state index < -0.39 is 0 Å². The van der Waals surface area contributed by atoms with Crippen LogP contribution in [0.25, 0.3) is 0 Å². The first-order valence-electron chi connectivity index (χ1n) is 14.1. The highest BCUT2D eigenvalue weighted by Crippen LogP contribution is 2.36. The van der Waals surface area contributed by atoms with E-state index in [1.165, 1.54) is 51.2 Å². The largest absolute Gasteiger partial charge is 0.453 e. The van der Waals surface area contributed by atoms with Crippen LogP contribution in [0, 0.1) is 11.8 Å². The fourth-order valence-corrected chi connectivity index (χ4v) is 7.29. The number of carbonyl (C=O) groups is 2. The molecule has 1 aromatic rings. The average molecular weight is 482 g/mol. The maximum atomic E-state index is 13.3. The smallest absolute Gasteiger partial charge is 0.409 e. The first kappa shape index (κ1) is 24.6. The molecule has 2 saturated carbocycles. The maximum Gasteiger partial charge on any atom is 0.409 e. The van der Waals surface area contributed by atoms with Gasteiger partial charge < -0.3 is 14.5 Å². The zero-order chi connectivity index (χ0) is 24.2. The molecule has 6 heteroatoms. The number of hydrogen-bond donors (Lipinski definition) is 0. The molecule has 0 spiro atoms. The summed E-state index contributed by atoms with van der Waals surface area (Å²) in [5, 5.41) is 0. The lowest BCUT2D eigenvalue weighted by Gasteiger charge is -2.42. The van der Waals surface area contributed by atoms with Gasteiger partial charge in [0.2, 0.25) is 5.91 Å². The van der Waals surface area contributed by atoms with Crippen molar-refractivity contribution in [2.75, 3.05) is 39.8 Å². The third-order valence-corrected chi connectivity index (χ3v) is 9.28. The second-order valence-corrected chi connectivity index (χ2v) is 11.3. The molecule has 1 aromatic carbocycles.